The first-order chi connectivity index (χ1) is 10.7. The third-order valence-corrected chi connectivity index (χ3v) is 4.56. The van der Waals surface area contributed by atoms with Crippen LogP contribution in [0.25, 0.3) is 0 Å². The second-order valence-electron chi connectivity index (χ2n) is 6.03. The van der Waals surface area contributed by atoms with Crippen molar-refractivity contribution in [2.75, 3.05) is 26.7 Å². The van der Waals surface area contributed by atoms with E-state index in [9.17, 15) is 4.79 Å². The van der Waals surface area contributed by atoms with Gasteiger partial charge < -0.3 is 14.2 Å². The van der Waals surface area contributed by atoms with E-state index in [0.29, 0.717) is 18.3 Å². The largest absolute Gasteiger partial charge is 0.380 e. The van der Waals surface area contributed by atoms with Crippen LogP contribution in [0.5, 0.6) is 0 Å². The third-order valence-electron chi connectivity index (χ3n) is 4.56. The van der Waals surface area contributed by atoms with Gasteiger partial charge in [0, 0.05) is 33.2 Å². The summed E-state index contributed by atoms with van der Waals surface area (Å²) in [6, 6.07) is -0.133. The van der Waals surface area contributed by atoms with Gasteiger partial charge in [0.2, 0.25) is 11.8 Å². The molecule has 0 aliphatic carbocycles. The summed E-state index contributed by atoms with van der Waals surface area (Å²) in [6.45, 7) is 5.00. The number of likely N-dealkylation sites (tertiary alicyclic amines) is 2. The molecule has 0 bridgehead atoms. The van der Waals surface area contributed by atoms with Crippen molar-refractivity contribution in [3.63, 3.8) is 0 Å². The van der Waals surface area contributed by atoms with E-state index in [2.05, 4.69) is 15.0 Å². The van der Waals surface area contributed by atoms with E-state index in [0.717, 1.165) is 45.3 Å². The van der Waals surface area contributed by atoms with E-state index in [1.54, 1.807) is 7.11 Å². The zero-order valence-electron chi connectivity index (χ0n) is 13.3. The molecule has 22 heavy (non-hydrogen) atoms. The number of hydrogen-bond donors (Lipinski definition) is 0. The Hall–Kier alpha value is -1.47. The van der Waals surface area contributed by atoms with Crippen LogP contribution < -0.4 is 0 Å². The predicted octanol–water partition coefficient (Wildman–Crippen LogP) is 0.844. The maximum absolute atomic E-state index is 12.7. The summed E-state index contributed by atoms with van der Waals surface area (Å²) in [6.07, 6.45) is 3.77. The number of methoxy groups -OCH3 is 1. The second kappa shape index (κ2) is 6.75. The first-order valence-corrected chi connectivity index (χ1v) is 8.08. The van der Waals surface area contributed by atoms with Crippen molar-refractivity contribution < 1.29 is 14.1 Å². The van der Waals surface area contributed by atoms with Crippen LogP contribution in [0.15, 0.2) is 4.52 Å². The van der Waals surface area contributed by atoms with Crippen LogP contribution in [0.2, 0.25) is 0 Å². The van der Waals surface area contributed by atoms with Crippen molar-refractivity contribution in [3.05, 3.63) is 11.7 Å². The maximum atomic E-state index is 12.7. The fraction of sp³-hybridized carbons (Fsp3) is 0.800. The summed E-state index contributed by atoms with van der Waals surface area (Å²) in [5.41, 5.74) is 0. The monoisotopic (exact) mass is 308 g/mol. The van der Waals surface area contributed by atoms with Crippen LogP contribution in [0.1, 0.15) is 37.9 Å². The first kappa shape index (κ1) is 15.4. The first-order valence-electron chi connectivity index (χ1n) is 8.08. The molecule has 2 aliphatic heterocycles. The molecule has 2 aliphatic rings. The SMILES string of the molecule is CCc1nc(CN2C[C@@H](OC)C[C@H]2C(=O)N2CCCC2)no1. The van der Waals surface area contributed by atoms with Gasteiger partial charge in [-0.15, -0.1) is 0 Å². The molecule has 0 unspecified atom stereocenters. The molecule has 2 fully saturated rings. The minimum Gasteiger partial charge on any atom is -0.380 e. The van der Waals surface area contributed by atoms with Gasteiger partial charge in [-0.25, -0.2) is 0 Å². The van der Waals surface area contributed by atoms with Gasteiger partial charge in [-0.3, -0.25) is 9.69 Å². The number of aromatic nitrogens is 2. The standard InChI is InChI=1S/C15H24N4O3/c1-3-14-16-13(17-22-14)10-19-9-11(21-2)8-12(19)15(20)18-6-4-5-7-18/h11-12H,3-10H2,1-2H3/t11-,12-/m0/s1. The van der Waals surface area contributed by atoms with Gasteiger partial charge in [-0.1, -0.05) is 12.1 Å². The summed E-state index contributed by atoms with van der Waals surface area (Å²) < 4.78 is 10.6. The number of carbonyl (C=O) groups excluding carboxylic acids is 1. The molecule has 0 aromatic carbocycles. The molecule has 122 valence electrons. The minimum absolute atomic E-state index is 0.0918. The average molecular weight is 308 g/mol. The van der Waals surface area contributed by atoms with Gasteiger partial charge >= 0.3 is 0 Å². The van der Waals surface area contributed by atoms with Crippen LogP contribution in [-0.2, 0) is 22.5 Å². The van der Waals surface area contributed by atoms with Crippen molar-refractivity contribution in [1.29, 1.82) is 0 Å². The summed E-state index contributed by atoms with van der Waals surface area (Å²) in [5.74, 6) is 1.50. The lowest BCUT2D eigenvalue weighted by molar-refractivity contribution is -0.135. The Balaban J connectivity index is 1.69. The second-order valence-corrected chi connectivity index (χ2v) is 6.03. The van der Waals surface area contributed by atoms with Crippen LogP contribution >= 0.6 is 0 Å². The normalized spacial score (nSPS) is 26.0. The maximum Gasteiger partial charge on any atom is 0.240 e. The summed E-state index contributed by atoms with van der Waals surface area (Å²) >= 11 is 0. The highest BCUT2D eigenvalue weighted by molar-refractivity contribution is 5.82. The molecule has 7 nitrogen and oxygen atoms in total. The van der Waals surface area contributed by atoms with E-state index in [4.69, 9.17) is 9.26 Å². The summed E-state index contributed by atoms with van der Waals surface area (Å²) in [5, 5.41) is 4.00. The third kappa shape index (κ3) is 3.15. The highest BCUT2D eigenvalue weighted by atomic mass is 16.5. The smallest absolute Gasteiger partial charge is 0.240 e. The van der Waals surface area contributed by atoms with Gasteiger partial charge in [0.05, 0.1) is 18.7 Å². The minimum atomic E-state index is -0.133. The number of aryl methyl sites for hydroxylation is 1. The Labute approximate surface area is 130 Å². The van der Waals surface area contributed by atoms with Crippen LogP contribution in [0.4, 0.5) is 0 Å². The van der Waals surface area contributed by atoms with E-state index in [1.165, 1.54) is 0 Å². The van der Waals surface area contributed by atoms with Gasteiger partial charge in [-0.05, 0) is 19.3 Å². The quantitative estimate of drug-likeness (QED) is 0.803. The van der Waals surface area contributed by atoms with E-state index < -0.39 is 0 Å². The molecule has 0 N–H and O–H groups in total. The van der Waals surface area contributed by atoms with E-state index in [1.807, 2.05) is 11.8 Å². The summed E-state index contributed by atoms with van der Waals surface area (Å²) in [7, 11) is 1.70. The highest BCUT2D eigenvalue weighted by Gasteiger charge is 2.39. The number of nitrogens with zero attached hydrogens (tertiary/aromatic N) is 4. The lowest BCUT2D eigenvalue weighted by Crippen LogP contribution is -2.44. The van der Waals surface area contributed by atoms with Gasteiger partial charge in [0.25, 0.3) is 0 Å². The fourth-order valence-corrected chi connectivity index (χ4v) is 3.29. The Morgan fingerprint density at radius 1 is 1.41 bits per heavy atom. The van der Waals surface area contributed by atoms with Crippen LogP contribution in [-0.4, -0.2) is 64.7 Å². The molecule has 0 spiro atoms. The fourth-order valence-electron chi connectivity index (χ4n) is 3.29. The van der Waals surface area contributed by atoms with E-state index >= 15 is 0 Å². The van der Waals surface area contributed by atoms with Gasteiger partial charge in [-0.2, -0.15) is 4.98 Å². The van der Waals surface area contributed by atoms with Gasteiger partial charge in [0.15, 0.2) is 5.82 Å². The summed E-state index contributed by atoms with van der Waals surface area (Å²) in [4.78, 5) is 21.2. The molecule has 3 rings (SSSR count). The average Bonchev–Trinajstić information content (AvgIpc) is 3.27. The molecule has 1 amide bonds. The zero-order chi connectivity index (χ0) is 15.5. The zero-order valence-corrected chi connectivity index (χ0v) is 13.3. The molecular weight excluding hydrogens is 284 g/mol. The van der Waals surface area contributed by atoms with Crippen molar-refractivity contribution >= 4 is 5.91 Å². The van der Waals surface area contributed by atoms with Crippen LogP contribution in [0.3, 0.4) is 0 Å². The Kier molecular flexibility index (Phi) is 4.73. The number of rotatable bonds is 5. The Morgan fingerprint density at radius 3 is 2.82 bits per heavy atom. The number of amides is 1. The molecule has 2 saturated heterocycles. The topological polar surface area (TPSA) is 71.7 Å². The van der Waals surface area contributed by atoms with E-state index in [-0.39, 0.29) is 18.1 Å². The molecular formula is C15H24N4O3. The Morgan fingerprint density at radius 2 is 2.18 bits per heavy atom. The lowest BCUT2D eigenvalue weighted by Gasteiger charge is -2.26. The van der Waals surface area contributed by atoms with Crippen molar-refractivity contribution in [3.8, 4) is 0 Å². The van der Waals surface area contributed by atoms with Crippen molar-refractivity contribution in [2.24, 2.45) is 0 Å². The Bertz CT molecular complexity index is 513. The molecule has 2 atom stereocenters. The number of carbonyl (C=O) groups is 1. The molecule has 7 heteroatoms. The predicted molar refractivity (Wildman–Crippen MR) is 79.1 cm³/mol. The van der Waals surface area contributed by atoms with Crippen molar-refractivity contribution in [2.45, 2.75) is 51.3 Å². The van der Waals surface area contributed by atoms with Crippen molar-refractivity contribution in [1.82, 2.24) is 19.9 Å². The van der Waals surface area contributed by atoms with Crippen LogP contribution in [0, 0.1) is 0 Å². The number of hydrogen-bond acceptors (Lipinski definition) is 6. The highest BCUT2D eigenvalue weighted by Crippen LogP contribution is 2.25. The molecule has 1 aromatic rings. The number of ether oxygens (including phenoxy) is 1. The van der Waals surface area contributed by atoms with Gasteiger partial charge in [0.1, 0.15) is 0 Å². The molecule has 0 saturated carbocycles. The molecule has 3 heterocycles. The lowest BCUT2D eigenvalue weighted by atomic mass is 10.1. The molecule has 0 radical (unpaired) electrons. The molecule has 1 aromatic heterocycles.